The minimum absolute atomic E-state index is 0.0933. The van der Waals surface area contributed by atoms with Gasteiger partial charge in [0.25, 0.3) is 0 Å². The molecule has 0 saturated carbocycles. The SMILES string of the molecule is Cc1cc(F)ccc1C(CN)N(C)Cc1ccccc1. The lowest BCUT2D eigenvalue weighted by Crippen LogP contribution is -2.30. The maximum absolute atomic E-state index is 13.2. The minimum atomic E-state index is -0.201. The molecule has 1 atom stereocenters. The fraction of sp³-hybridized carbons (Fsp3) is 0.294. The van der Waals surface area contributed by atoms with Crippen LogP contribution in [0, 0.1) is 12.7 Å². The molecule has 0 bridgehead atoms. The predicted molar refractivity (Wildman–Crippen MR) is 80.8 cm³/mol. The van der Waals surface area contributed by atoms with E-state index in [2.05, 4.69) is 17.0 Å². The molecule has 0 radical (unpaired) electrons. The van der Waals surface area contributed by atoms with Gasteiger partial charge in [0.05, 0.1) is 0 Å². The smallest absolute Gasteiger partial charge is 0.123 e. The summed E-state index contributed by atoms with van der Waals surface area (Å²) in [7, 11) is 2.05. The van der Waals surface area contributed by atoms with E-state index in [0.717, 1.165) is 17.7 Å². The van der Waals surface area contributed by atoms with Crippen LogP contribution in [0.4, 0.5) is 4.39 Å². The average Bonchev–Trinajstić information content (AvgIpc) is 2.43. The first-order valence-corrected chi connectivity index (χ1v) is 6.82. The quantitative estimate of drug-likeness (QED) is 0.905. The van der Waals surface area contributed by atoms with Crippen molar-refractivity contribution in [1.82, 2.24) is 4.90 Å². The molecule has 0 aliphatic heterocycles. The number of benzene rings is 2. The lowest BCUT2D eigenvalue weighted by molar-refractivity contribution is 0.241. The van der Waals surface area contributed by atoms with E-state index in [4.69, 9.17) is 5.73 Å². The topological polar surface area (TPSA) is 29.3 Å². The molecular formula is C17H21FN2. The Morgan fingerprint density at radius 2 is 1.85 bits per heavy atom. The highest BCUT2D eigenvalue weighted by molar-refractivity contribution is 5.30. The lowest BCUT2D eigenvalue weighted by Gasteiger charge is -2.28. The number of likely N-dealkylation sites (N-methyl/N-ethyl adjacent to an activating group) is 1. The Morgan fingerprint density at radius 3 is 2.45 bits per heavy atom. The first-order chi connectivity index (χ1) is 9.61. The van der Waals surface area contributed by atoms with E-state index in [1.807, 2.05) is 38.2 Å². The molecule has 2 nitrogen and oxygen atoms in total. The molecule has 2 aromatic carbocycles. The number of aryl methyl sites for hydroxylation is 1. The molecule has 0 amide bonds. The molecule has 0 saturated heterocycles. The zero-order valence-corrected chi connectivity index (χ0v) is 12.0. The Labute approximate surface area is 120 Å². The van der Waals surface area contributed by atoms with Crippen LogP contribution in [-0.4, -0.2) is 18.5 Å². The van der Waals surface area contributed by atoms with Gasteiger partial charge in [0, 0.05) is 19.1 Å². The van der Waals surface area contributed by atoms with Gasteiger partial charge in [-0.3, -0.25) is 4.90 Å². The van der Waals surface area contributed by atoms with E-state index < -0.39 is 0 Å². The van der Waals surface area contributed by atoms with Gasteiger partial charge in [-0.05, 0) is 42.8 Å². The van der Waals surface area contributed by atoms with Crippen LogP contribution in [0.5, 0.6) is 0 Å². The van der Waals surface area contributed by atoms with Crippen LogP contribution in [0.3, 0.4) is 0 Å². The number of nitrogens with two attached hydrogens (primary N) is 1. The summed E-state index contributed by atoms with van der Waals surface area (Å²) in [6.45, 7) is 3.26. The molecule has 0 fully saturated rings. The minimum Gasteiger partial charge on any atom is -0.329 e. The van der Waals surface area contributed by atoms with Crippen LogP contribution in [-0.2, 0) is 6.54 Å². The maximum atomic E-state index is 13.2. The normalized spacial score (nSPS) is 12.7. The number of halogens is 1. The zero-order valence-electron chi connectivity index (χ0n) is 12.0. The van der Waals surface area contributed by atoms with E-state index in [-0.39, 0.29) is 11.9 Å². The van der Waals surface area contributed by atoms with Crippen molar-refractivity contribution in [1.29, 1.82) is 0 Å². The maximum Gasteiger partial charge on any atom is 0.123 e. The van der Waals surface area contributed by atoms with E-state index in [1.54, 1.807) is 6.07 Å². The molecule has 2 rings (SSSR count). The molecule has 1 unspecified atom stereocenters. The summed E-state index contributed by atoms with van der Waals surface area (Å²) in [5.74, 6) is -0.201. The van der Waals surface area contributed by atoms with Crippen molar-refractivity contribution < 1.29 is 4.39 Å². The second-order valence-electron chi connectivity index (χ2n) is 5.15. The monoisotopic (exact) mass is 272 g/mol. The Kier molecular flexibility index (Phi) is 4.88. The molecule has 0 aliphatic carbocycles. The summed E-state index contributed by atoms with van der Waals surface area (Å²) in [5.41, 5.74) is 9.21. The highest BCUT2D eigenvalue weighted by Gasteiger charge is 2.17. The van der Waals surface area contributed by atoms with Crippen molar-refractivity contribution in [3.8, 4) is 0 Å². The molecule has 0 spiro atoms. The number of hydrogen-bond acceptors (Lipinski definition) is 2. The fourth-order valence-corrected chi connectivity index (χ4v) is 2.54. The van der Waals surface area contributed by atoms with Crippen molar-refractivity contribution >= 4 is 0 Å². The van der Waals surface area contributed by atoms with Crippen LogP contribution in [0.1, 0.15) is 22.7 Å². The second-order valence-corrected chi connectivity index (χ2v) is 5.15. The van der Waals surface area contributed by atoms with Gasteiger partial charge in [0.15, 0.2) is 0 Å². The molecule has 3 heteroatoms. The van der Waals surface area contributed by atoms with Crippen molar-refractivity contribution in [2.75, 3.05) is 13.6 Å². The number of nitrogens with zero attached hydrogens (tertiary/aromatic N) is 1. The van der Waals surface area contributed by atoms with Crippen LogP contribution in [0.25, 0.3) is 0 Å². The van der Waals surface area contributed by atoms with Crippen molar-refractivity contribution in [2.24, 2.45) is 5.73 Å². The van der Waals surface area contributed by atoms with Gasteiger partial charge in [0.2, 0.25) is 0 Å². The van der Waals surface area contributed by atoms with Crippen LogP contribution in [0.2, 0.25) is 0 Å². The molecule has 0 heterocycles. The molecular weight excluding hydrogens is 251 g/mol. The lowest BCUT2D eigenvalue weighted by atomic mass is 9.99. The first-order valence-electron chi connectivity index (χ1n) is 6.82. The van der Waals surface area contributed by atoms with E-state index in [1.165, 1.54) is 11.6 Å². The first kappa shape index (κ1) is 14.7. The van der Waals surface area contributed by atoms with Gasteiger partial charge in [-0.25, -0.2) is 4.39 Å². The Balaban J connectivity index is 2.19. The molecule has 0 aliphatic rings. The summed E-state index contributed by atoms with van der Waals surface area (Å²) in [6, 6.07) is 15.3. The zero-order chi connectivity index (χ0) is 14.5. The Morgan fingerprint density at radius 1 is 1.15 bits per heavy atom. The van der Waals surface area contributed by atoms with Gasteiger partial charge in [-0.2, -0.15) is 0 Å². The third-order valence-electron chi connectivity index (χ3n) is 3.62. The average molecular weight is 272 g/mol. The third kappa shape index (κ3) is 3.44. The molecule has 0 aromatic heterocycles. The standard InChI is InChI=1S/C17H21FN2/c1-13-10-15(18)8-9-16(13)17(11-19)20(2)12-14-6-4-3-5-7-14/h3-10,17H,11-12,19H2,1-2H3. The Bertz CT molecular complexity index is 554. The van der Waals surface area contributed by atoms with Crippen LogP contribution >= 0.6 is 0 Å². The van der Waals surface area contributed by atoms with Gasteiger partial charge in [-0.15, -0.1) is 0 Å². The van der Waals surface area contributed by atoms with Crippen LogP contribution in [0.15, 0.2) is 48.5 Å². The van der Waals surface area contributed by atoms with Gasteiger partial charge >= 0.3 is 0 Å². The van der Waals surface area contributed by atoms with E-state index in [0.29, 0.717) is 6.54 Å². The molecule has 20 heavy (non-hydrogen) atoms. The van der Waals surface area contributed by atoms with Gasteiger partial charge < -0.3 is 5.73 Å². The summed E-state index contributed by atoms with van der Waals surface area (Å²) < 4.78 is 13.2. The molecule has 2 N–H and O–H groups in total. The largest absolute Gasteiger partial charge is 0.329 e. The Hall–Kier alpha value is -1.71. The van der Waals surface area contributed by atoms with Crippen molar-refractivity contribution in [3.63, 3.8) is 0 Å². The van der Waals surface area contributed by atoms with Gasteiger partial charge in [-0.1, -0.05) is 36.4 Å². The highest BCUT2D eigenvalue weighted by Crippen LogP contribution is 2.24. The molecule has 2 aromatic rings. The van der Waals surface area contributed by atoms with Gasteiger partial charge in [0.1, 0.15) is 5.82 Å². The number of rotatable bonds is 5. The van der Waals surface area contributed by atoms with E-state index in [9.17, 15) is 4.39 Å². The summed E-state index contributed by atoms with van der Waals surface area (Å²) in [5, 5.41) is 0. The van der Waals surface area contributed by atoms with Crippen molar-refractivity contribution in [3.05, 3.63) is 71.0 Å². The summed E-state index contributed by atoms with van der Waals surface area (Å²) >= 11 is 0. The van der Waals surface area contributed by atoms with Crippen LogP contribution < -0.4 is 5.73 Å². The fourth-order valence-electron chi connectivity index (χ4n) is 2.54. The molecule has 106 valence electrons. The number of hydrogen-bond donors (Lipinski definition) is 1. The highest BCUT2D eigenvalue weighted by atomic mass is 19.1. The van der Waals surface area contributed by atoms with Crippen molar-refractivity contribution in [2.45, 2.75) is 19.5 Å². The van der Waals surface area contributed by atoms with E-state index >= 15 is 0 Å². The summed E-state index contributed by atoms with van der Waals surface area (Å²) in [4.78, 5) is 2.20. The second kappa shape index (κ2) is 6.64. The third-order valence-corrected chi connectivity index (χ3v) is 3.62. The summed E-state index contributed by atoms with van der Waals surface area (Å²) in [6.07, 6.45) is 0. The predicted octanol–water partition coefficient (Wildman–Crippen LogP) is 3.27.